The zero-order chi connectivity index (χ0) is 17.3. The number of hydrogen-bond acceptors (Lipinski definition) is 2. The molecule has 0 aromatic heterocycles. The first-order valence-electron chi connectivity index (χ1n) is 8.09. The number of nitriles is 1. The summed E-state index contributed by atoms with van der Waals surface area (Å²) in [4.78, 5) is 0. The normalized spacial score (nSPS) is 21.5. The number of hydrogen-bond donors (Lipinski definition) is 0. The van der Waals surface area contributed by atoms with E-state index in [1.165, 1.54) is 24.3 Å². The Morgan fingerprint density at radius 2 is 1.79 bits per heavy atom. The van der Waals surface area contributed by atoms with Crippen molar-refractivity contribution in [1.29, 1.82) is 5.26 Å². The summed E-state index contributed by atoms with van der Waals surface area (Å²) in [7, 11) is 0. The van der Waals surface area contributed by atoms with Crippen molar-refractivity contribution >= 4 is 10.8 Å². The van der Waals surface area contributed by atoms with Crippen LogP contribution in [0.3, 0.4) is 0 Å². The van der Waals surface area contributed by atoms with E-state index < -0.39 is 11.7 Å². The van der Waals surface area contributed by atoms with Gasteiger partial charge in [0.2, 0.25) is 0 Å². The first-order chi connectivity index (χ1) is 11.4. The first-order valence-corrected chi connectivity index (χ1v) is 8.09. The van der Waals surface area contributed by atoms with E-state index in [1.807, 2.05) is 6.07 Å². The highest BCUT2D eigenvalue weighted by Gasteiger charge is 2.37. The minimum Gasteiger partial charge on any atom is -0.490 e. The Hall–Kier alpha value is -2.22. The van der Waals surface area contributed by atoms with Gasteiger partial charge in [-0.1, -0.05) is 19.1 Å². The van der Waals surface area contributed by atoms with Gasteiger partial charge in [-0.2, -0.15) is 18.4 Å². The van der Waals surface area contributed by atoms with Crippen molar-refractivity contribution in [1.82, 2.24) is 0 Å². The van der Waals surface area contributed by atoms with Crippen LogP contribution in [0.25, 0.3) is 10.8 Å². The van der Waals surface area contributed by atoms with Gasteiger partial charge in [-0.15, -0.1) is 0 Å². The number of fused-ring (bicyclic) bond motifs is 1. The van der Waals surface area contributed by atoms with Crippen LogP contribution in [0.1, 0.15) is 43.7 Å². The van der Waals surface area contributed by atoms with Gasteiger partial charge in [-0.05, 0) is 60.6 Å². The molecule has 0 saturated heterocycles. The fourth-order valence-electron chi connectivity index (χ4n) is 3.30. The van der Waals surface area contributed by atoms with Crippen LogP contribution in [0, 0.1) is 17.2 Å². The van der Waals surface area contributed by atoms with Gasteiger partial charge in [-0.3, -0.25) is 0 Å². The summed E-state index contributed by atoms with van der Waals surface area (Å²) in [6, 6.07) is 9.15. The number of nitrogens with zero attached hydrogens (tertiary/aromatic N) is 1. The van der Waals surface area contributed by atoms with Crippen LogP contribution in [-0.4, -0.2) is 6.10 Å². The third-order valence-electron chi connectivity index (χ3n) is 4.65. The van der Waals surface area contributed by atoms with Crippen molar-refractivity contribution in [3.63, 3.8) is 0 Å². The first kappa shape index (κ1) is 16.6. The summed E-state index contributed by atoms with van der Waals surface area (Å²) in [6.07, 6.45) is -1.16. The van der Waals surface area contributed by atoms with Gasteiger partial charge in [0.1, 0.15) is 11.3 Å². The van der Waals surface area contributed by atoms with Crippen LogP contribution >= 0.6 is 0 Å². The molecule has 1 aliphatic carbocycles. The molecular weight excluding hydrogens is 315 g/mol. The van der Waals surface area contributed by atoms with E-state index >= 15 is 0 Å². The molecule has 0 radical (unpaired) electrons. The van der Waals surface area contributed by atoms with E-state index in [2.05, 4.69) is 6.92 Å². The SMILES string of the molecule is C[C@H]1CC[C@@H](Oc2ccc3cc(C#N)ccc3c2C(F)(F)F)CC1. The molecule has 2 aromatic carbocycles. The van der Waals surface area contributed by atoms with Crippen molar-refractivity contribution in [2.45, 2.75) is 44.9 Å². The smallest absolute Gasteiger partial charge is 0.420 e. The zero-order valence-electron chi connectivity index (χ0n) is 13.4. The second kappa shape index (κ2) is 6.35. The second-order valence-electron chi connectivity index (χ2n) is 6.48. The van der Waals surface area contributed by atoms with Crippen LogP contribution in [-0.2, 0) is 6.18 Å². The summed E-state index contributed by atoms with van der Waals surface area (Å²) < 4.78 is 46.6. The third-order valence-corrected chi connectivity index (χ3v) is 4.65. The maximum absolute atomic E-state index is 13.6. The van der Waals surface area contributed by atoms with E-state index in [9.17, 15) is 13.2 Å². The fourth-order valence-corrected chi connectivity index (χ4v) is 3.30. The maximum Gasteiger partial charge on any atom is 0.420 e. The largest absolute Gasteiger partial charge is 0.490 e. The van der Waals surface area contributed by atoms with E-state index in [-0.39, 0.29) is 17.2 Å². The highest BCUT2D eigenvalue weighted by molar-refractivity contribution is 5.89. The number of benzene rings is 2. The average molecular weight is 333 g/mol. The molecule has 0 spiro atoms. The predicted octanol–water partition coefficient (Wildman–Crippen LogP) is 5.69. The Bertz CT molecular complexity index is 784. The Labute approximate surface area is 138 Å². The Kier molecular flexibility index (Phi) is 4.40. The summed E-state index contributed by atoms with van der Waals surface area (Å²) >= 11 is 0. The van der Waals surface area contributed by atoms with Gasteiger partial charge in [0.05, 0.1) is 17.7 Å². The van der Waals surface area contributed by atoms with E-state index in [0.29, 0.717) is 16.9 Å². The molecule has 3 rings (SSSR count). The molecule has 24 heavy (non-hydrogen) atoms. The Morgan fingerprint density at radius 1 is 1.08 bits per heavy atom. The molecule has 126 valence electrons. The fraction of sp³-hybridized carbons (Fsp3) is 0.421. The number of rotatable bonds is 2. The molecule has 1 aliphatic rings. The van der Waals surface area contributed by atoms with Crippen LogP contribution < -0.4 is 4.74 Å². The third kappa shape index (κ3) is 3.33. The lowest BCUT2D eigenvalue weighted by molar-refractivity contribution is -0.138. The van der Waals surface area contributed by atoms with E-state index in [0.717, 1.165) is 25.7 Å². The van der Waals surface area contributed by atoms with Crippen molar-refractivity contribution in [3.05, 3.63) is 41.5 Å². The number of halogens is 3. The molecule has 1 saturated carbocycles. The Morgan fingerprint density at radius 3 is 2.42 bits per heavy atom. The molecule has 1 fully saturated rings. The Balaban J connectivity index is 2.02. The highest BCUT2D eigenvalue weighted by Crippen LogP contribution is 2.42. The maximum atomic E-state index is 13.6. The van der Waals surface area contributed by atoms with Gasteiger partial charge in [-0.25, -0.2) is 0 Å². The van der Waals surface area contributed by atoms with Crippen molar-refractivity contribution < 1.29 is 17.9 Å². The van der Waals surface area contributed by atoms with Crippen molar-refractivity contribution in [2.24, 2.45) is 5.92 Å². The summed E-state index contributed by atoms with van der Waals surface area (Å²) in [5.41, 5.74) is -0.409. The predicted molar refractivity (Wildman–Crippen MR) is 85.7 cm³/mol. The quantitative estimate of drug-likeness (QED) is 0.707. The zero-order valence-corrected chi connectivity index (χ0v) is 13.4. The summed E-state index contributed by atoms with van der Waals surface area (Å²) in [6.45, 7) is 2.15. The number of alkyl halides is 3. The van der Waals surface area contributed by atoms with Crippen LogP contribution in [0.5, 0.6) is 5.75 Å². The molecule has 5 heteroatoms. The highest BCUT2D eigenvalue weighted by atomic mass is 19.4. The van der Waals surface area contributed by atoms with Gasteiger partial charge in [0, 0.05) is 0 Å². The number of ether oxygens (including phenoxy) is 1. The second-order valence-corrected chi connectivity index (χ2v) is 6.48. The van der Waals surface area contributed by atoms with Crippen LogP contribution in [0.2, 0.25) is 0 Å². The van der Waals surface area contributed by atoms with Crippen molar-refractivity contribution in [2.75, 3.05) is 0 Å². The summed E-state index contributed by atoms with van der Waals surface area (Å²) in [5.74, 6) is 0.493. The molecule has 0 aliphatic heterocycles. The monoisotopic (exact) mass is 333 g/mol. The van der Waals surface area contributed by atoms with E-state index in [1.54, 1.807) is 6.07 Å². The molecule has 2 aromatic rings. The molecule has 0 N–H and O–H groups in total. The minimum atomic E-state index is -4.51. The molecule has 2 nitrogen and oxygen atoms in total. The molecule has 0 unspecified atom stereocenters. The van der Waals surface area contributed by atoms with Crippen LogP contribution in [0.4, 0.5) is 13.2 Å². The van der Waals surface area contributed by atoms with Gasteiger partial charge in [0.15, 0.2) is 0 Å². The lowest BCUT2D eigenvalue weighted by Gasteiger charge is -2.28. The average Bonchev–Trinajstić information content (AvgIpc) is 2.55. The topological polar surface area (TPSA) is 33.0 Å². The summed E-state index contributed by atoms with van der Waals surface area (Å²) in [5, 5.41) is 9.39. The van der Waals surface area contributed by atoms with E-state index in [4.69, 9.17) is 10.00 Å². The van der Waals surface area contributed by atoms with Gasteiger partial charge >= 0.3 is 6.18 Å². The van der Waals surface area contributed by atoms with Gasteiger partial charge < -0.3 is 4.74 Å². The standard InChI is InChI=1S/C19H18F3NO/c1-12-2-6-15(7-3-12)24-17-9-5-14-10-13(11-23)4-8-16(14)18(17)19(20,21)22/h4-5,8-10,12,15H,2-3,6-7H2,1H3/t12-,15+. The molecule has 0 atom stereocenters. The van der Waals surface area contributed by atoms with Crippen LogP contribution in [0.15, 0.2) is 30.3 Å². The minimum absolute atomic E-state index is 0.0724. The lowest BCUT2D eigenvalue weighted by atomic mass is 9.89. The molecule has 0 bridgehead atoms. The molecule has 0 amide bonds. The molecular formula is C19H18F3NO. The van der Waals surface area contributed by atoms with Gasteiger partial charge in [0.25, 0.3) is 0 Å². The van der Waals surface area contributed by atoms with Crippen molar-refractivity contribution in [3.8, 4) is 11.8 Å². The molecule has 0 heterocycles. The lowest BCUT2D eigenvalue weighted by Crippen LogP contribution is -2.24.